The van der Waals surface area contributed by atoms with Crippen molar-refractivity contribution in [3.63, 3.8) is 0 Å². The molecule has 0 unspecified atom stereocenters. The van der Waals surface area contributed by atoms with E-state index < -0.39 is 6.04 Å². The van der Waals surface area contributed by atoms with E-state index in [1.54, 1.807) is 23.7 Å². The van der Waals surface area contributed by atoms with E-state index in [1.807, 2.05) is 38.1 Å². The summed E-state index contributed by atoms with van der Waals surface area (Å²) >= 11 is 1.11. The SMILES string of the molecule is Cc1ccc(N(C(=O)c2csnn2)[C@@H](C(=O)NC2CCCCC2)c2ccccn2)cc1C. The Hall–Kier alpha value is -3.13. The highest BCUT2D eigenvalue weighted by Crippen LogP contribution is 2.31. The van der Waals surface area contributed by atoms with Crippen LogP contribution in [0, 0.1) is 13.8 Å². The van der Waals surface area contributed by atoms with Crippen molar-refractivity contribution in [2.45, 2.75) is 58.0 Å². The number of aryl methyl sites for hydroxylation is 2. The molecule has 3 aromatic rings. The number of carbonyl (C=O) groups excluding carboxylic acids is 2. The van der Waals surface area contributed by atoms with Gasteiger partial charge in [-0.2, -0.15) is 0 Å². The molecule has 1 aliphatic rings. The minimum atomic E-state index is -0.922. The van der Waals surface area contributed by atoms with E-state index >= 15 is 0 Å². The van der Waals surface area contributed by atoms with Crippen molar-refractivity contribution in [2.24, 2.45) is 0 Å². The zero-order valence-corrected chi connectivity index (χ0v) is 19.1. The number of nitrogens with one attached hydrogen (secondary N) is 1. The molecule has 7 nitrogen and oxygen atoms in total. The largest absolute Gasteiger partial charge is 0.351 e. The van der Waals surface area contributed by atoms with Crippen LogP contribution in [-0.4, -0.2) is 32.4 Å². The molecule has 0 spiro atoms. The van der Waals surface area contributed by atoms with Crippen LogP contribution in [-0.2, 0) is 4.79 Å². The standard InChI is InChI=1S/C24H27N5O2S/c1-16-11-12-19(14-17(16)2)29(24(31)21-15-32-28-27-21)22(20-10-6-7-13-25-20)23(30)26-18-8-4-3-5-9-18/h6-7,10-15,18,22H,3-5,8-9H2,1-2H3,(H,26,30)/t22-/m1/s1. The minimum absolute atomic E-state index is 0.111. The molecule has 0 radical (unpaired) electrons. The Bertz CT molecular complexity index is 1070. The van der Waals surface area contributed by atoms with E-state index in [0.717, 1.165) is 48.3 Å². The van der Waals surface area contributed by atoms with Crippen LogP contribution in [0.2, 0.25) is 0 Å². The van der Waals surface area contributed by atoms with Gasteiger partial charge in [0.1, 0.15) is 0 Å². The highest BCUT2D eigenvalue weighted by Gasteiger charge is 2.36. The average Bonchev–Trinajstić information content (AvgIpc) is 3.35. The van der Waals surface area contributed by atoms with Crippen molar-refractivity contribution in [2.75, 3.05) is 4.90 Å². The van der Waals surface area contributed by atoms with Crippen molar-refractivity contribution in [3.05, 3.63) is 70.5 Å². The summed E-state index contributed by atoms with van der Waals surface area (Å²) in [5.74, 6) is -0.609. The molecule has 2 heterocycles. The molecular weight excluding hydrogens is 422 g/mol. The van der Waals surface area contributed by atoms with Gasteiger partial charge in [0.2, 0.25) is 5.91 Å². The number of hydrogen-bond acceptors (Lipinski definition) is 6. The maximum absolute atomic E-state index is 13.7. The quantitative estimate of drug-likeness (QED) is 0.603. The van der Waals surface area contributed by atoms with Crippen molar-refractivity contribution < 1.29 is 9.59 Å². The molecule has 8 heteroatoms. The Morgan fingerprint density at radius 1 is 1.09 bits per heavy atom. The lowest BCUT2D eigenvalue weighted by Crippen LogP contribution is -2.47. The molecule has 1 N–H and O–H groups in total. The monoisotopic (exact) mass is 449 g/mol. The lowest BCUT2D eigenvalue weighted by molar-refractivity contribution is -0.123. The Balaban J connectivity index is 1.79. The second-order valence-corrected chi connectivity index (χ2v) is 8.84. The first-order valence-corrected chi connectivity index (χ1v) is 11.8. The first-order valence-electron chi connectivity index (χ1n) is 10.9. The molecule has 0 saturated heterocycles. The number of amides is 2. The Labute approximate surface area is 192 Å². The molecule has 2 amide bonds. The van der Waals surface area contributed by atoms with Gasteiger partial charge >= 0.3 is 0 Å². The fourth-order valence-electron chi connectivity index (χ4n) is 4.09. The number of carbonyl (C=O) groups is 2. The molecule has 4 rings (SSSR count). The number of hydrogen-bond donors (Lipinski definition) is 1. The van der Waals surface area contributed by atoms with E-state index in [9.17, 15) is 9.59 Å². The summed E-state index contributed by atoms with van der Waals surface area (Å²) < 4.78 is 3.85. The van der Waals surface area contributed by atoms with Crippen molar-refractivity contribution in [1.82, 2.24) is 19.9 Å². The van der Waals surface area contributed by atoms with Gasteiger partial charge in [0.15, 0.2) is 11.7 Å². The first kappa shape index (κ1) is 22.1. The number of nitrogens with zero attached hydrogens (tertiary/aromatic N) is 4. The summed E-state index contributed by atoms with van der Waals surface area (Å²) in [4.78, 5) is 33.3. The molecule has 1 aromatic carbocycles. The normalized spacial score (nSPS) is 15.2. The van der Waals surface area contributed by atoms with Crippen LogP contribution in [0.25, 0.3) is 0 Å². The molecule has 1 saturated carbocycles. The molecule has 1 aliphatic carbocycles. The zero-order valence-electron chi connectivity index (χ0n) is 18.3. The van der Waals surface area contributed by atoms with Crippen LogP contribution in [0.1, 0.15) is 65.5 Å². The first-order chi connectivity index (χ1) is 15.5. The summed E-state index contributed by atoms with van der Waals surface area (Å²) in [6.07, 6.45) is 6.94. The van der Waals surface area contributed by atoms with E-state index in [4.69, 9.17) is 0 Å². The van der Waals surface area contributed by atoms with Gasteiger partial charge in [0.25, 0.3) is 5.91 Å². The Kier molecular flexibility index (Phi) is 6.90. The van der Waals surface area contributed by atoms with Crippen LogP contribution in [0.4, 0.5) is 5.69 Å². The predicted octanol–water partition coefficient (Wildman–Crippen LogP) is 4.39. The van der Waals surface area contributed by atoms with Crippen LogP contribution < -0.4 is 10.2 Å². The fourth-order valence-corrected chi connectivity index (χ4v) is 4.52. The summed E-state index contributed by atoms with van der Waals surface area (Å²) in [5, 5.41) is 8.77. The Morgan fingerprint density at radius 3 is 2.56 bits per heavy atom. The molecule has 1 fully saturated rings. The van der Waals surface area contributed by atoms with Gasteiger partial charge in [0, 0.05) is 23.3 Å². The molecule has 0 aliphatic heterocycles. The van der Waals surface area contributed by atoms with Crippen molar-refractivity contribution in [1.29, 1.82) is 0 Å². The van der Waals surface area contributed by atoms with E-state index in [-0.39, 0.29) is 23.6 Å². The van der Waals surface area contributed by atoms with Crippen LogP contribution >= 0.6 is 11.5 Å². The molecule has 1 atom stereocenters. The molecule has 166 valence electrons. The number of benzene rings is 1. The highest BCUT2D eigenvalue weighted by molar-refractivity contribution is 7.03. The lowest BCUT2D eigenvalue weighted by Gasteiger charge is -2.32. The van der Waals surface area contributed by atoms with Gasteiger partial charge in [-0.3, -0.25) is 19.5 Å². The number of anilines is 1. The summed E-state index contributed by atoms with van der Waals surface area (Å²) in [5.41, 5.74) is 3.48. The summed E-state index contributed by atoms with van der Waals surface area (Å²) in [6, 6.07) is 10.4. The van der Waals surface area contributed by atoms with Gasteiger partial charge in [-0.05, 0) is 73.6 Å². The highest BCUT2D eigenvalue weighted by atomic mass is 32.1. The maximum Gasteiger partial charge on any atom is 0.280 e. The van der Waals surface area contributed by atoms with Gasteiger partial charge in [0.05, 0.1) is 5.69 Å². The maximum atomic E-state index is 13.7. The van der Waals surface area contributed by atoms with E-state index in [2.05, 4.69) is 19.9 Å². The van der Waals surface area contributed by atoms with Gasteiger partial charge in [-0.1, -0.05) is 35.9 Å². The second-order valence-electron chi connectivity index (χ2n) is 8.23. The fraction of sp³-hybridized carbons (Fsp3) is 0.375. The lowest BCUT2D eigenvalue weighted by atomic mass is 9.95. The number of rotatable bonds is 6. The van der Waals surface area contributed by atoms with Crippen LogP contribution in [0.5, 0.6) is 0 Å². The topological polar surface area (TPSA) is 88.1 Å². The number of aromatic nitrogens is 3. The van der Waals surface area contributed by atoms with Gasteiger partial charge in [-0.25, -0.2) is 0 Å². The van der Waals surface area contributed by atoms with Crippen molar-refractivity contribution >= 4 is 29.0 Å². The third-order valence-corrected chi connectivity index (χ3v) is 6.50. The molecule has 2 aromatic heterocycles. The third kappa shape index (κ3) is 4.85. The summed E-state index contributed by atoms with van der Waals surface area (Å²) in [6.45, 7) is 4.01. The molecule has 32 heavy (non-hydrogen) atoms. The minimum Gasteiger partial charge on any atom is -0.351 e. The zero-order chi connectivity index (χ0) is 22.5. The molecule has 0 bridgehead atoms. The molecular formula is C24H27N5O2S. The van der Waals surface area contributed by atoms with Crippen LogP contribution in [0.15, 0.2) is 48.0 Å². The van der Waals surface area contributed by atoms with Gasteiger partial charge < -0.3 is 5.32 Å². The Morgan fingerprint density at radius 2 is 1.91 bits per heavy atom. The van der Waals surface area contributed by atoms with Crippen LogP contribution in [0.3, 0.4) is 0 Å². The van der Waals surface area contributed by atoms with Gasteiger partial charge in [-0.15, -0.1) is 5.10 Å². The second kappa shape index (κ2) is 9.99. The van der Waals surface area contributed by atoms with E-state index in [0.29, 0.717) is 11.4 Å². The average molecular weight is 450 g/mol. The predicted molar refractivity (Wildman–Crippen MR) is 125 cm³/mol. The van der Waals surface area contributed by atoms with E-state index in [1.165, 1.54) is 11.3 Å². The number of pyridine rings is 1. The summed E-state index contributed by atoms with van der Waals surface area (Å²) in [7, 11) is 0. The smallest absolute Gasteiger partial charge is 0.280 e. The third-order valence-electron chi connectivity index (χ3n) is 5.99. The van der Waals surface area contributed by atoms with Crippen molar-refractivity contribution in [3.8, 4) is 0 Å².